The van der Waals surface area contributed by atoms with Crippen LogP contribution in [0.15, 0.2) is 10.8 Å². The Labute approximate surface area is 99.5 Å². The van der Waals surface area contributed by atoms with E-state index < -0.39 is 18.1 Å². The van der Waals surface area contributed by atoms with Gasteiger partial charge in [0.2, 0.25) is 0 Å². The van der Waals surface area contributed by atoms with E-state index in [-0.39, 0.29) is 11.8 Å². The predicted molar refractivity (Wildman–Crippen MR) is 68.1 cm³/mol. The number of carbonyl (C=O) groups excluding carboxylic acids is 2. The molecular weight excluding hydrogens is 238 g/mol. The molecule has 0 radical (unpaired) electrons. The van der Waals surface area contributed by atoms with E-state index in [4.69, 9.17) is 4.12 Å². The number of hydrogen-bond acceptors (Lipinski definition) is 3. The fraction of sp³-hybridized carbons (Fsp3) is 0.600. The van der Waals surface area contributed by atoms with Crippen LogP contribution < -0.4 is 5.32 Å². The average Bonchev–Trinajstić information content (AvgIpc) is 2.39. The Hall–Kier alpha value is -0.726. The molecule has 4 nitrogen and oxygen atoms in total. The molecule has 0 saturated heterocycles. The van der Waals surface area contributed by atoms with Crippen LogP contribution in [0.5, 0.6) is 0 Å². The van der Waals surface area contributed by atoms with Crippen LogP contribution in [0.3, 0.4) is 0 Å². The molecule has 1 aliphatic heterocycles. The van der Waals surface area contributed by atoms with Gasteiger partial charge in [-0.1, -0.05) is 13.3 Å². The first-order valence-corrected chi connectivity index (χ1v) is 10.3. The number of hydrogen-bond donors (Lipinski definition) is 1. The Morgan fingerprint density at radius 1 is 1.25 bits per heavy atom. The summed E-state index contributed by atoms with van der Waals surface area (Å²) in [7, 11) is -2.65. The second-order valence-corrected chi connectivity index (χ2v) is 11.3. The van der Waals surface area contributed by atoms with Gasteiger partial charge in [-0.3, -0.25) is 14.9 Å². The van der Waals surface area contributed by atoms with E-state index >= 15 is 0 Å². The van der Waals surface area contributed by atoms with E-state index in [1.165, 1.54) is 0 Å². The van der Waals surface area contributed by atoms with Crippen molar-refractivity contribution in [2.24, 2.45) is 0 Å². The summed E-state index contributed by atoms with van der Waals surface area (Å²) in [6.07, 6.45) is 1.55. The van der Waals surface area contributed by atoms with Gasteiger partial charge < -0.3 is 4.12 Å². The summed E-state index contributed by atoms with van der Waals surface area (Å²) < 4.78 is 5.82. The van der Waals surface area contributed by atoms with E-state index in [0.717, 1.165) is 6.42 Å². The Bertz CT molecular complexity index is 344. The van der Waals surface area contributed by atoms with Crippen LogP contribution >= 0.6 is 0 Å². The van der Waals surface area contributed by atoms with Gasteiger partial charge in [0.1, 0.15) is 0 Å². The Morgan fingerprint density at radius 2 is 1.88 bits per heavy atom. The highest BCUT2D eigenvalue weighted by molar-refractivity contribution is 6.76. The van der Waals surface area contributed by atoms with Crippen molar-refractivity contribution in [2.45, 2.75) is 39.4 Å². The van der Waals surface area contributed by atoms with Crippen LogP contribution in [0, 0.1) is 0 Å². The van der Waals surface area contributed by atoms with Crippen LogP contribution in [0.4, 0.5) is 0 Å². The van der Waals surface area contributed by atoms with Gasteiger partial charge in [0.25, 0.3) is 11.8 Å². The molecule has 0 bridgehead atoms. The molecule has 0 aromatic carbocycles. The van der Waals surface area contributed by atoms with Crippen molar-refractivity contribution < 1.29 is 13.7 Å². The Morgan fingerprint density at radius 3 is 2.38 bits per heavy atom. The van der Waals surface area contributed by atoms with Crippen LogP contribution in [0.1, 0.15) is 19.8 Å². The summed E-state index contributed by atoms with van der Waals surface area (Å²) in [6, 6.07) is 0. The molecule has 0 unspecified atom stereocenters. The Balaban J connectivity index is 2.79. The van der Waals surface area contributed by atoms with Crippen molar-refractivity contribution >= 4 is 29.9 Å². The highest BCUT2D eigenvalue weighted by Crippen LogP contribution is 2.18. The average molecular weight is 257 g/mol. The lowest BCUT2D eigenvalue weighted by molar-refractivity contribution is -0.124. The van der Waals surface area contributed by atoms with Crippen molar-refractivity contribution in [2.75, 3.05) is 0 Å². The molecule has 0 spiro atoms. The molecule has 6 heteroatoms. The molecule has 1 heterocycles. The minimum Gasteiger partial charge on any atom is -0.457 e. The zero-order valence-corrected chi connectivity index (χ0v) is 12.8. The fourth-order valence-electron chi connectivity index (χ4n) is 1.48. The molecular formula is C10H19NO3Si2. The van der Waals surface area contributed by atoms with Gasteiger partial charge in [-0.2, -0.15) is 0 Å². The molecule has 2 amide bonds. The van der Waals surface area contributed by atoms with Gasteiger partial charge in [0, 0.05) is 10.8 Å². The predicted octanol–water partition coefficient (Wildman–Crippen LogP) is 0.632. The van der Waals surface area contributed by atoms with Gasteiger partial charge in [-0.15, -0.1) is 0 Å². The smallest absolute Gasteiger partial charge is 0.254 e. The topological polar surface area (TPSA) is 55.4 Å². The molecule has 1 aliphatic rings. The highest BCUT2D eigenvalue weighted by Gasteiger charge is 2.30. The van der Waals surface area contributed by atoms with Crippen LogP contribution in [-0.2, 0) is 13.7 Å². The summed E-state index contributed by atoms with van der Waals surface area (Å²) in [5.74, 6) is -0.438. The minimum atomic E-state index is -1.59. The van der Waals surface area contributed by atoms with E-state index in [2.05, 4.69) is 25.0 Å². The third-order valence-corrected chi connectivity index (χ3v) is 7.37. The number of nitrogens with one attached hydrogen (secondary N) is 1. The van der Waals surface area contributed by atoms with Crippen molar-refractivity contribution in [1.29, 1.82) is 0 Å². The largest absolute Gasteiger partial charge is 0.457 e. The fourth-order valence-corrected chi connectivity index (χ4v) is 4.52. The number of carbonyl (C=O) groups is 2. The molecule has 16 heavy (non-hydrogen) atoms. The van der Waals surface area contributed by atoms with Crippen molar-refractivity contribution in [1.82, 2.24) is 5.32 Å². The van der Waals surface area contributed by atoms with Gasteiger partial charge >= 0.3 is 0 Å². The van der Waals surface area contributed by atoms with Crippen LogP contribution in [0.25, 0.3) is 0 Å². The number of imide groups is 1. The van der Waals surface area contributed by atoms with Crippen molar-refractivity contribution in [3.63, 3.8) is 0 Å². The third kappa shape index (κ3) is 3.39. The zero-order valence-electron chi connectivity index (χ0n) is 10.3. The zero-order chi connectivity index (χ0) is 12.3. The summed E-state index contributed by atoms with van der Waals surface area (Å²) in [6.45, 7) is 8.28. The molecule has 0 saturated carbocycles. The molecule has 0 aliphatic carbocycles. The molecule has 0 aromatic heterocycles. The molecule has 0 atom stereocenters. The van der Waals surface area contributed by atoms with Gasteiger partial charge in [0.15, 0.2) is 18.1 Å². The number of amides is 2. The lowest BCUT2D eigenvalue weighted by Gasteiger charge is -2.17. The lowest BCUT2D eigenvalue weighted by Crippen LogP contribution is -2.31. The normalized spacial score (nSPS) is 17.8. The monoisotopic (exact) mass is 257 g/mol. The van der Waals surface area contributed by atoms with Gasteiger partial charge in [0.05, 0.1) is 0 Å². The summed E-state index contributed by atoms with van der Waals surface area (Å²) in [5, 5.41) is 3.02. The van der Waals surface area contributed by atoms with Crippen LogP contribution in [0.2, 0.25) is 19.6 Å². The summed E-state index contributed by atoms with van der Waals surface area (Å²) in [5.41, 5.74) is 0.664. The first-order valence-electron chi connectivity index (χ1n) is 5.57. The van der Waals surface area contributed by atoms with Gasteiger partial charge in [-0.25, -0.2) is 0 Å². The first kappa shape index (κ1) is 13.3. The summed E-state index contributed by atoms with van der Waals surface area (Å²) in [4.78, 5) is 23.1. The number of rotatable bonds is 5. The van der Waals surface area contributed by atoms with Crippen molar-refractivity contribution in [3.8, 4) is 0 Å². The van der Waals surface area contributed by atoms with Crippen molar-refractivity contribution in [3.05, 3.63) is 10.8 Å². The molecule has 1 N–H and O–H groups in total. The maximum atomic E-state index is 11.6. The second kappa shape index (κ2) is 5.07. The SMILES string of the molecule is CCCC1=C([SiH2]O[Si](C)(C)C)C(=O)NC1=O. The van der Waals surface area contributed by atoms with E-state index in [0.29, 0.717) is 17.2 Å². The van der Waals surface area contributed by atoms with E-state index in [9.17, 15) is 9.59 Å². The quantitative estimate of drug-likeness (QED) is 0.581. The standard InChI is InChI=1S/C10H19NO3Si2/c1-5-6-7-8(10(13)11-9(7)12)15-14-16(2,3)4/h5-6,15H2,1-4H3,(H,11,12,13). The second-order valence-electron chi connectivity index (χ2n) is 4.89. The lowest BCUT2D eigenvalue weighted by atomic mass is 10.1. The van der Waals surface area contributed by atoms with Gasteiger partial charge in [-0.05, 0) is 26.1 Å². The highest BCUT2D eigenvalue weighted by atomic mass is 28.4. The molecule has 1 rings (SSSR count). The van der Waals surface area contributed by atoms with Crippen LogP contribution in [-0.4, -0.2) is 29.9 Å². The molecule has 90 valence electrons. The molecule has 0 fully saturated rings. The maximum Gasteiger partial charge on any atom is 0.254 e. The van der Waals surface area contributed by atoms with E-state index in [1.807, 2.05) is 6.92 Å². The third-order valence-electron chi connectivity index (χ3n) is 2.29. The maximum absolute atomic E-state index is 11.6. The Kier molecular flexibility index (Phi) is 4.23. The molecule has 0 aromatic rings. The van der Waals surface area contributed by atoms with E-state index in [1.54, 1.807) is 0 Å². The summed E-state index contributed by atoms with van der Waals surface area (Å²) >= 11 is 0. The first-order chi connectivity index (χ1) is 7.35. The minimum absolute atomic E-state index is 0.214.